The van der Waals surface area contributed by atoms with Crippen molar-refractivity contribution in [2.75, 3.05) is 5.32 Å². The zero-order chi connectivity index (χ0) is 19.0. The summed E-state index contributed by atoms with van der Waals surface area (Å²) < 4.78 is 0. The normalized spacial score (nSPS) is 26.1. The molecule has 4 atom stereocenters. The summed E-state index contributed by atoms with van der Waals surface area (Å²) in [7, 11) is 0. The lowest BCUT2D eigenvalue weighted by Gasteiger charge is -2.41. The summed E-state index contributed by atoms with van der Waals surface area (Å²) in [5.74, 6) is -2.33. The highest BCUT2D eigenvalue weighted by Gasteiger charge is 2.48. The zero-order valence-corrected chi connectivity index (χ0v) is 15.9. The monoisotopic (exact) mass is 382 g/mol. The first kappa shape index (κ1) is 17.9. The minimum absolute atomic E-state index is 0.00435. The molecule has 5 rings (SSSR count). The first-order chi connectivity index (χ1) is 13.1. The van der Waals surface area contributed by atoms with Crippen molar-refractivity contribution in [2.45, 2.75) is 26.2 Å². The van der Waals surface area contributed by atoms with Crippen molar-refractivity contribution in [2.24, 2.45) is 23.7 Å². The highest BCUT2D eigenvalue weighted by Crippen LogP contribution is 2.45. The summed E-state index contributed by atoms with van der Waals surface area (Å²) in [6.07, 6.45) is 6.54. The van der Waals surface area contributed by atoms with E-state index in [2.05, 4.69) is 17.2 Å². The minimum Gasteiger partial charge on any atom is -0.481 e. The molecule has 140 valence electrons. The van der Waals surface area contributed by atoms with Crippen LogP contribution in [-0.4, -0.2) is 22.0 Å². The number of benzene rings is 1. The molecular weight excluding hydrogens is 360 g/mol. The second-order valence-electron chi connectivity index (χ2n) is 7.18. The van der Waals surface area contributed by atoms with Crippen molar-refractivity contribution < 1.29 is 14.7 Å². The Balaban J connectivity index is 1.59. The van der Waals surface area contributed by atoms with Crippen LogP contribution in [0.4, 0.5) is 5.13 Å². The molecule has 27 heavy (non-hydrogen) atoms. The minimum atomic E-state index is -0.882. The predicted octanol–water partition coefficient (Wildman–Crippen LogP) is 4.22. The maximum atomic E-state index is 13.0. The summed E-state index contributed by atoms with van der Waals surface area (Å²) >= 11 is 1.47. The van der Waals surface area contributed by atoms with Crippen LogP contribution in [0.3, 0.4) is 0 Å². The number of hydrogen-bond donors (Lipinski definition) is 2. The van der Waals surface area contributed by atoms with Gasteiger partial charge in [0.15, 0.2) is 5.13 Å². The lowest BCUT2D eigenvalue weighted by atomic mass is 9.62. The number of anilines is 1. The number of aliphatic carboxylic acids is 1. The van der Waals surface area contributed by atoms with Crippen LogP contribution in [0.2, 0.25) is 0 Å². The van der Waals surface area contributed by atoms with E-state index < -0.39 is 17.8 Å². The molecule has 0 spiro atoms. The van der Waals surface area contributed by atoms with E-state index in [9.17, 15) is 14.7 Å². The van der Waals surface area contributed by atoms with E-state index >= 15 is 0 Å². The Morgan fingerprint density at radius 1 is 1.15 bits per heavy atom. The first-order valence-electron chi connectivity index (χ1n) is 9.35. The van der Waals surface area contributed by atoms with E-state index in [1.807, 2.05) is 42.5 Å². The number of carbonyl (C=O) groups excluding carboxylic acids is 1. The maximum Gasteiger partial charge on any atom is 0.307 e. The zero-order valence-electron chi connectivity index (χ0n) is 15.1. The van der Waals surface area contributed by atoms with Gasteiger partial charge in [0.05, 0.1) is 17.5 Å². The summed E-state index contributed by atoms with van der Waals surface area (Å²) in [4.78, 5) is 30.5. The SMILES string of the molecule is CCc1sc(NC(=O)[C@@H]2[C@H](C(=O)O)[C@H]3C=C[C@H]2CC3)nc1-c1ccccc1. The van der Waals surface area contributed by atoms with Crippen LogP contribution >= 0.6 is 11.3 Å². The number of amides is 1. The van der Waals surface area contributed by atoms with Gasteiger partial charge < -0.3 is 10.4 Å². The molecule has 6 heteroatoms. The quantitative estimate of drug-likeness (QED) is 0.759. The van der Waals surface area contributed by atoms with Crippen LogP contribution < -0.4 is 5.32 Å². The number of allylic oxidation sites excluding steroid dienone is 2. The van der Waals surface area contributed by atoms with Gasteiger partial charge in [-0.15, -0.1) is 11.3 Å². The fourth-order valence-electron chi connectivity index (χ4n) is 4.34. The number of fused-ring (bicyclic) bond motifs is 2. The average Bonchev–Trinajstić information content (AvgIpc) is 3.11. The molecule has 1 aromatic carbocycles. The van der Waals surface area contributed by atoms with Gasteiger partial charge in [-0.3, -0.25) is 9.59 Å². The molecule has 1 saturated carbocycles. The molecule has 2 bridgehead atoms. The van der Waals surface area contributed by atoms with Gasteiger partial charge in [-0.2, -0.15) is 0 Å². The third-order valence-electron chi connectivity index (χ3n) is 5.63. The van der Waals surface area contributed by atoms with Crippen LogP contribution in [0.5, 0.6) is 0 Å². The largest absolute Gasteiger partial charge is 0.481 e. The van der Waals surface area contributed by atoms with Gasteiger partial charge in [0, 0.05) is 10.4 Å². The third-order valence-corrected chi connectivity index (χ3v) is 6.75. The summed E-state index contributed by atoms with van der Waals surface area (Å²) in [5.41, 5.74) is 1.91. The Morgan fingerprint density at radius 3 is 2.41 bits per heavy atom. The fraction of sp³-hybridized carbons (Fsp3) is 0.381. The number of carboxylic acids is 1. The predicted molar refractivity (Wildman–Crippen MR) is 106 cm³/mol. The molecule has 1 heterocycles. The standard InChI is InChI=1S/C21H22N2O3S/c1-2-15-18(14-6-4-3-5-7-14)22-21(27-15)23-19(24)16-12-8-10-13(11-9-12)17(16)20(25)26/h3-8,10,12-13,16-17H,2,9,11H2,1H3,(H,25,26)(H,22,23,24)/t12-,13-,16-,17+/m0/s1. The van der Waals surface area contributed by atoms with Crippen LogP contribution in [0.1, 0.15) is 24.6 Å². The third kappa shape index (κ3) is 3.30. The van der Waals surface area contributed by atoms with Crippen LogP contribution in [-0.2, 0) is 16.0 Å². The Bertz CT molecular complexity index is 890. The van der Waals surface area contributed by atoms with Crippen molar-refractivity contribution in [1.29, 1.82) is 0 Å². The van der Waals surface area contributed by atoms with Crippen molar-refractivity contribution in [3.8, 4) is 11.3 Å². The Kier molecular flexibility index (Phi) is 4.83. The van der Waals surface area contributed by atoms with E-state index in [1.165, 1.54) is 11.3 Å². The molecule has 3 aliphatic carbocycles. The number of carbonyl (C=O) groups is 2. The summed E-state index contributed by atoms with van der Waals surface area (Å²) in [6, 6.07) is 9.90. The van der Waals surface area contributed by atoms with Crippen LogP contribution in [0, 0.1) is 23.7 Å². The Hall–Kier alpha value is -2.47. The smallest absolute Gasteiger partial charge is 0.307 e. The fourth-order valence-corrected chi connectivity index (χ4v) is 5.27. The number of rotatable bonds is 5. The van der Waals surface area contributed by atoms with Gasteiger partial charge in [-0.05, 0) is 31.1 Å². The van der Waals surface area contributed by atoms with Crippen molar-refractivity contribution in [1.82, 2.24) is 4.98 Å². The molecule has 1 amide bonds. The van der Waals surface area contributed by atoms with E-state index in [-0.39, 0.29) is 17.7 Å². The molecule has 2 N–H and O–H groups in total. The molecule has 0 radical (unpaired) electrons. The molecule has 2 aromatic rings. The first-order valence-corrected chi connectivity index (χ1v) is 10.2. The van der Waals surface area contributed by atoms with Crippen molar-refractivity contribution in [3.63, 3.8) is 0 Å². The number of hydrogen-bond acceptors (Lipinski definition) is 4. The van der Waals surface area contributed by atoms with Gasteiger partial charge in [0.25, 0.3) is 0 Å². The number of thiazole rings is 1. The molecule has 0 unspecified atom stereocenters. The molecule has 1 fully saturated rings. The number of nitrogens with one attached hydrogen (secondary N) is 1. The van der Waals surface area contributed by atoms with E-state index in [4.69, 9.17) is 0 Å². The second kappa shape index (κ2) is 7.27. The average molecular weight is 382 g/mol. The van der Waals surface area contributed by atoms with Gasteiger partial charge in [-0.1, -0.05) is 49.4 Å². The van der Waals surface area contributed by atoms with Gasteiger partial charge in [0.1, 0.15) is 0 Å². The van der Waals surface area contributed by atoms with Crippen molar-refractivity contribution >= 4 is 28.3 Å². The van der Waals surface area contributed by atoms with E-state index in [0.717, 1.165) is 35.4 Å². The van der Waals surface area contributed by atoms with Crippen LogP contribution in [0.25, 0.3) is 11.3 Å². The van der Waals surface area contributed by atoms with E-state index in [0.29, 0.717) is 5.13 Å². The topological polar surface area (TPSA) is 79.3 Å². The summed E-state index contributed by atoms with van der Waals surface area (Å²) in [5, 5.41) is 13.1. The highest BCUT2D eigenvalue weighted by atomic mass is 32.1. The molecule has 5 nitrogen and oxygen atoms in total. The Morgan fingerprint density at radius 2 is 1.81 bits per heavy atom. The maximum absolute atomic E-state index is 13.0. The number of nitrogens with zero attached hydrogens (tertiary/aromatic N) is 1. The molecule has 0 aliphatic heterocycles. The summed E-state index contributed by atoms with van der Waals surface area (Å²) in [6.45, 7) is 2.07. The molecule has 3 aliphatic rings. The number of carboxylic acid groups (broad SMARTS) is 1. The molecular formula is C21H22N2O3S. The molecule has 0 saturated heterocycles. The van der Waals surface area contributed by atoms with Gasteiger partial charge in [0.2, 0.25) is 5.91 Å². The Labute approximate surface area is 162 Å². The highest BCUT2D eigenvalue weighted by molar-refractivity contribution is 7.16. The lowest BCUT2D eigenvalue weighted by molar-refractivity contribution is -0.151. The van der Waals surface area contributed by atoms with Crippen molar-refractivity contribution in [3.05, 3.63) is 47.4 Å². The second-order valence-corrected chi connectivity index (χ2v) is 8.26. The van der Waals surface area contributed by atoms with Gasteiger partial charge >= 0.3 is 5.97 Å². The number of aryl methyl sites for hydroxylation is 1. The van der Waals surface area contributed by atoms with E-state index in [1.54, 1.807) is 0 Å². The lowest BCUT2D eigenvalue weighted by Crippen LogP contribution is -2.47. The van der Waals surface area contributed by atoms with Crippen LogP contribution in [0.15, 0.2) is 42.5 Å². The molecule has 1 aromatic heterocycles. The van der Waals surface area contributed by atoms with Gasteiger partial charge in [-0.25, -0.2) is 4.98 Å². The number of aromatic nitrogens is 1.